The summed E-state index contributed by atoms with van der Waals surface area (Å²) < 4.78 is 49.0. The fourth-order valence-electron chi connectivity index (χ4n) is 8.97. The molecule has 2 aliphatic carbocycles. The van der Waals surface area contributed by atoms with Crippen LogP contribution in [-0.4, -0.2) is 92.1 Å². The van der Waals surface area contributed by atoms with Gasteiger partial charge >= 0.3 is 6.18 Å². The van der Waals surface area contributed by atoms with Gasteiger partial charge in [0.25, 0.3) is 0 Å². The first-order chi connectivity index (χ1) is 18.6. The minimum absolute atomic E-state index is 0.0113. The van der Waals surface area contributed by atoms with E-state index < -0.39 is 23.9 Å². The Hall–Kier alpha value is -0.940. The summed E-state index contributed by atoms with van der Waals surface area (Å²) in [6, 6.07) is 0.0580. The van der Waals surface area contributed by atoms with Gasteiger partial charge in [0.15, 0.2) is 0 Å². The molecule has 7 atom stereocenters. The average molecular weight is 556 g/mol. The normalized spacial score (nSPS) is 40.6. The molecule has 2 N–H and O–H groups in total. The molecule has 6 aliphatic rings. The van der Waals surface area contributed by atoms with Crippen LogP contribution in [0.5, 0.6) is 0 Å². The van der Waals surface area contributed by atoms with Crippen LogP contribution in [0.25, 0.3) is 0 Å². The van der Waals surface area contributed by atoms with Gasteiger partial charge < -0.3 is 14.5 Å². The van der Waals surface area contributed by atoms with E-state index in [0.717, 1.165) is 77.9 Å². The molecule has 2 saturated carbocycles. The second-order valence-corrected chi connectivity index (χ2v) is 14.1. The van der Waals surface area contributed by atoms with E-state index >= 15 is 0 Å². The molecule has 222 valence electrons. The molecule has 4 heterocycles. The lowest BCUT2D eigenvalue weighted by atomic mass is 9.64. The number of hydrogen-bond acceptors (Lipinski definition) is 6. The second kappa shape index (κ2) is 11.0. The van der Waals surface area contributed by atoms with Crippen molar-refractivity contribution in [1.29, 1.82) is 0 Å². The number of alkyl halides is 3. The summed E-state index contributed by atoms with van der Waals surface area (Å²) in [7, 11) is 2.11. The monoisotopic (exact) mass is 555 g/mol. The van der Waals surface area contributed by atoms with E-state index in [1.165, 1.54) is 0 Å². The molecule has 0 spiro atoms. The Kier molecular flexibility index (Phi) is 7.98. The van der Waals surface area contributed by atoms with Crippen molar-refractivity contribution in [1.82, 2.24) is 25.6 Å². The molecule has 7 nitrogen and oxygen atoms in total. The maximum Gasteiger partial charge on any atom is 0.392 e. The van der Waals surface area contributed by atoms with Crippen molar-refractivity contribution in [2.24, 2.45) is 40.9 Å². The first kappa shape index (κ1) is 28.2. The molecular weight excluding hydrogens is 507 g/mol. The van der Waals surface area contributed by atoms with Crippen LogP contribution in [0.4, 0.5) is 13.2 Å². The Morgan fingerprint density at radius 1 is 1.08 bits per heavy atom. The van der Waals surface area contributed by atoms with Crippen LogP contribution in [0.15, 0.2) is 0 Å². The highest BCUT2D eigenvalue weighted by molar-refractivity contribution is 5.82. The van der Waals surface area contributed by atoms with E-state index in [-0.39, 0.29) is 35.9 Å². The first-order valence-electron chi connectivity index (χ1n) is 15.5. The molecule has 0 bridgehead atoms. The van der Waals surface area contributed by atoms with Gasteiger partial charge in [-0.3, -0.25) is 9.69 Å². The SMILES string of the molecule is CC1CCN(CC2CC3C(=O)N(C4CCCC(C5(CC6NNCN6C)COC5)C4)CC3C(C(F)(F)F)C2)CC1. The zero-order valence-electron chi connectivity index (χ0n) is 23.7. The van der Waals surface area contributed by atoms with Gasteiger partial charge in [-0.1, -0.05) is 13.3 Å². The molecule has 6 fully saturated rings. The van der Waals surface area contributed by atoms with Crippen molar-refractivity contribution >= 4 is 5.91 Å². The standard InChI is InChI=1S/C29H48F3N5O2/c1-19-6-8-36(9-7-19)14-20-10-23-24(25(11-20)29(30,31)32)15-37(27(23)38)22-5-3-4-21(12-22)28(16-39-17-28)13-26-34-33-18-35(26)2/h19-26,33-34H,3-18H2,1-2H3. The van der Waals surface area contributed by atoms with Crippen molar-refractivity contribution in [2.45, 2.75) is 83.1 Å². The van der Waals surface area contributed by atoms with E-state index in [2.05, 4.69) is 34.6 Å². The molecule has 0 aromatic carbocycles. The molecular formula is C29H48F3N5O2. The van der Waals surface area contributed by atoms with Gasteiger partial charge in [-0.25, -0.2) is 10.9 Å². The number of rotatable bonds is 6. The second-order valence-electron chi connectivity index (χ2n) is 14.1. The Balaban J connectivity index is 1.14. The van der Waals surface area contributed by atoms with Crippen LogP contribution >= 0.6 is 0 Å². The predicted octanol–water partition coefficient (Wildman–Crippen LogP) is 3.67. The van der Waals surface area contributed by atoms with Gasteiger partial charge in [-0.2, -0.15) is 13.2 Å². The molecule has 4 aliphatic heterocycles. The molecule has 0 aromatic rings. The number of ether oxygens (including phenoxy) is 1. The van der Waals surface area contributed by atoms with Gasteiger partial charge in [0, 0.05) is 30.5 Å². The lowest BCUT2D eigenvalue weighted by Crippen LogP contribution is -2.56. The highest BCUT2D eigenvalue weighted by Crippen LogP contribution is 2.53. The third-order valence-corrected chi connectivity index (χ3v) is 11.5. The van der Waals surface area contributed by atoms with Gasteiger partial charge in [0.1, 0.15) is 0 Å². The van der Waals surface area contributed by atoms with E-state index in [4.69, 9.17) is 4.74 Å². The number of hydrazine groups is 1. The third-order valence-electron chi connectivity index (χ3n) is 11.5. The maximum absolute atomic E-state index is 14.4. The fraction of sp³-hybridized carbons (Fsp3) is 0.966. The molecule has 7 unspecified atom stereocenters. The van der Waals surface area contributed by atoms with Crippen molar-refractivity contribution in [3.63, 3.8) is 0 Å². The van der Waals surface area contributed by atoms with Crippen molar-refractivity contribution in [3.05, 3.63) is 0 Å². The Labute approximate surface area is 231 Å². The zero-order valence-corrected chi connectivity index (χ0v) is 23.7. The minimum Gasteiger partial charge on any atom is -0.380 e. The molecule has 10 heteroatoms. The number of nitrogens with one attached hydrogen (secondary N) is 2. The largest absolute Gasteiger partial charge is 0.392 e. The number of likely N-dealkylation sites (tertiary alicyclic amines) is 2. The van der Waals surface area contributed by atoms with E-state index in [1.54, 1.807) is 0 Å². The van der Waals surface area contributed by atoms with Gasteiger partial charge in [-0.05, 0) is 95.2 Å². The molecule has 39 heavy (non-hydrogen) atoms. The van der Waals surface area contributed by atoms with Crippen LogP contribution in [-0.2, 0) is 9.53 Å². The summed E-state index contributed by atoms with van der Waals surface area (Å²) in [4.78, 5) is 20.4. The summed E-state index contributed by atoms with van der Waals surface area (Å²) in [5.41, 5.74) is 6.68. The molecule has 1 amide bonds. The van der Waals surface area contributed by atoms with Crippen LogP contribution in [0, 0.1) is 40.9 Å². The molecule has 4 saturated heterocycles. The highest BCUT2D eigenvalue weighted by Gasteiger charge is 2.58. The minimum atomic E-state index is -4.24. The summed E-state index contributed by atoms with van der Waals surface area (Å²) >= 11 is 0. The molecule has 6 rings (SSSR count). The Morgan fingerprint density at radius 2 is 1.85 bits per heavy atom. The van der Waals surface area contributed by atoms with E-state index in [9.17, 15) is 18.0 Å². The van der Waals surface area contributed by atoms with Crippen molar-refractivity contribution in [2.75, 3.05) is 53.1 Å². The Bertz CT molecular complexity index is 877. The lowest BCUT2D eigenvalue weighted by Gasteiger charge is -2.52. The number of carbonyl (C=O) groups excluding carboxylic acids is 1. The molecule has 0 radical (unpaired) electrons. The number of fused-ring (bicyclic) bond motifs is 1. The fourth-order valence-corrected chi connectivity index (χ4v) is 8.97. The van der Waals surface area contributed by atoms with Crippen LogP contribution in [0.2, 0.25) is 0 Å². The van der Waals surface area contributed by atoms with Crippen molar-refractivity contribution in [3.8, 4) is 0 Å². The van der Waals surface area contributed by atoms with Gasteiger partial charge in [0.2, 0.25) is 5.91 Å². The smallest absolute Gasteiger partial charge is 0.380 e. The zero-order chi connectivity index (χ0) is 27.4. The number of halogens is 3. The first-order valence-corrected chi connectivity index (χ1v) is 15.5. The van der Waals surface area contributed by atoms with Crippen LogP contribution < -0.4 is 10.9 Å². The average Bonchev–Trinajstić information content (AvgIpc) is 3.44. The van der Waals surface area contributed by atoms with Crippen molar-refractivity contribution < 1.29 is 22.7 Å². The van der Waals surface area contributed by atoms with E-state index in [0.29, 0.717) is 31.3 Å². The van der Waals surface area contributed by atoms with Crippen LogP contribution in [0.1, 0.15) is 64.7 Å². The van der Waals surface area contributed by atoms with Gasteiger partial charge in [0.05, 0.1) is 32.0 Å². The quantitative estimate of drug-likeness (QED) is 0.522. The number of hydrogen-bond donors (Lipinski definition) is 2. The predicted molar refractivity (Wildman–Crippen MR) is 142 cm³/mol. The number of piperidine rings is 1. The Morgan fingerprint density at radius 3 is 2.49 bits per heavy atom. The highest BCUT2D eigenvalue weighted by atomic mass is 19.4. The maximum atomic E-state index is 14.4. The summed E-state index contributed by atoms with van der Waals surface area (Å²) in [5, 5.41) is 0. The number of carbonyl (C=O) groups is 1. The number of nitrogens with zero attached hydrogens (tertiary/aromatic N) is 3. The van der Waals surface area contributed by atoms with E-state index in [1.807, 2.05) is 4.90 Å². The summed E-state index contributed by atoms with van der Waals surface area (Å²) in [5.74, 6) is -1.32. The summed E-state index contributed by atoms with van der Waals surface area (Å²) in [6.45, 7) is 7.48. The third kappa shape index (κ3) is 5.62. The summed E-state index contributed by atoms with van der Waals surface area (Å²) in [6.07, 6.45) is 3.98. The molecule has 0 aromatic heterocycles. The van der Waals surface area contributed by atoms with Gasteiger partial charge in [-0.15, -0.1) is 0 Å². The van der Waals surface area contributed by atoms with Crippen LogP contribution in [0.3, 0.4) is 0 Å². The topological polar surface area (TPSA) is 60.1 Å². The lowest BCUT2D eigenvalue weighted by molar-refractivity contribution is -0.204. The number of amides is 1.